The molecule has 9 aromatic carbocycles. The van der Waals surface area contributed by atoms with Crippen molar-refractivity contribution in [3.63, 3.8) is 0 Å². The predicted molar refractivity (Wildman–Crippen MR) is 273 cm³/mol. The van der Waals surface area contributed by atoms with Crippen molar-refractivity contribution < 1.29 is 25.8 Å². The van der Waals surface area contributed by atoms with Crippen LogP contribution in [0.25, 0.3) is 82.0 Å². The van der Waals surface area contributed by atoms with Gasteiger partial charge in [0.15, 0.2) is 0 Å². The molecule has 13 rings (SSSR count). The van der Waals surface area contributed by atoms with E-state index in [0.717, 1.165) is 94.2 Å². The molecule has 4 heterocycles. The second-order valence-corrected chi connectivity index (χ2v) is 16.8. The third kappa shape index (κ3) is 6.61. The fourth-order valence-electron chi connectivity index (χ4n) is 10.0. The van der Waals surface area contributed by atoms with Crippen molar-refractivity contribution in [1.82, 2.24) is 9.38 Å². The molecule has 0 unspecified atom stereocenters. The van der Waals surface area contributed by atoms with Crippen LogP contribution in [0.3, 0.4) is 0 Å². The maximum Gasteiger partial charge on any atom is 0.143 e. The Morgan fingerprint density at radius 3 is 1.67 bits per heavy atom. The van der Waals surface area contributed by atoms with Crippen LogP contribution in [0.5, 0.6) is 11.5 Å². The van der Waals surface area contributed by atoms with Crippen molar-refractivity contribution in [3.05, 3.63) is 237 Å². The number of fused-ring (bicyclic) bond motifs is 11. The molecule has 0 aliphatic carbocycles. The van der Waals surface area contributed by atoms with Gasteiger partial charge in [-0.3, -0.25) is 0 Å². The predicted octanol–water partition coefficient (Wildman–Crippen LogP) is 16.1. The molecule has 0 fully saturated rings. The van der Waals surface area contributed by atoms with Gasteiger partial charge in [0.1, 0.15) is 5.65 Å². The second-order valence-electron chi connectivity index (χ2n) is 16.8. The fourth-order valence-corrected chi connectivity index (χ4v) is 10.0. The Labute approximate surface area is 402 Å². The fraction of sp³-hybridized carbons (Fsp3) is 0.0164. The molecule has 0 N–H and O–H groups in total. The zero-order chi connectivity index (χ0) is 43.7. The topological polar surface area (TPSA) is 33.0 Å². The summed E-state index contributed by atoms with van der Waals surface area (Å²) in [5.74, 6) is 1.22. The van der Waals surface area contributed by atoms with Crippen LogP contribution in [0.1, 0.15) is 5.56 Å². The molecule has 1 aliphatic rings. The van der Waals surface area contributed by atoms with Crippen LogP contribution in [-0.2, 0) is 21.1 Å². The van der Waals surface area contributed by atoms with Crippen molar-refractivity contribution in [2.75, 3.05) is 9.80 Å². The number of anilines is 4. The van der Waals surface area contributed by atoms with Gasteiger partial charge in [-0.05, 0) is 62.3 Å². The summed E-state index contributed by atoms with van der Waals surface area (Å²) in [6, 6.07) is 80.4. The van der Waals surface area contributed by atoms with Gasteiger partial charge in [-0.2, -0.15) is 12.1 Å². The summed E-state index contributed by atoms with van der Waals surface area (Å²) >= 11 is 0. The van der Waals surface area contributed by atoms with Crippen molar-refractivity contribution >= 4 is 82.5 Å². The van der Waals surface area contributed by atoms with E-state index < -0.39 is 0 Å². The SMILES string of the molecule is Cc1ccc(N2[CH-]N(c3c(-c4ccccc4)cccc3-c3ccccc3)c3ccccc32)[c-]c1Oc1[c-]c2c(cc1)c1cccc3c4ccccc4c4ccccc4c4cccnc4n2c31.[Pt]. The first-order valence-electron chi connectivity index (χ1n) is 22.3. The number of pyridine rings is 1. The summed E-state index contributed by atoms with van der Waals surface area (Å²) in [7, 11) is 0. The van der Waals surface area contributed by atoms with E-state index in [0.29, 0.717) is 11.5 Å². The Kier molecular flexibility index (Phi) is 9.96. The zero-order valence-corrected chi connectivity index (χ0v) is 38.6. The molecule has 0 saturated heterocycles. The molecule has 0 atom stereocenters. The second kappa shape index (κ2) is 16.5. The Balaban J connectivity index is 0.00000468. The third-order valence-corrected chi connectivity index (χ3v) is 13.0. The molecule has 3 aromatic heterocycles. The van der Waals surface area contributed by atoms with Crippen LogP contribution in [0.2, 0.25) is 0 Å². The summed E-state index contributed by atoms with van der Waals surface area (Å²) in [5.41, 5.74) is 12.5. The number of hydrogen-bond donors (Lipinski definition) is 0. The number of para-hydroxylation sites is 4. The van der Waals surface area contributed by atoms with Crippen molar-refractivity contribution in [2.45, 2.75) is 6.92 Å². The first kappa shape index (κ1) is 40.5. The van der Waals surface area contributed by atoms with Crippen molar-refractivity contribution in [2.24, 2.45) is 0 Å². The van der Waals surface area contributed by atoms with E-state index in [1.54, 1.807) is 0 Å². The minimum atomic E-state index is 0. The van der Waals surface area contributed by atoms with Gasteiger partial charge in [-0.15, -0.1) is 47.6 Å². The average molecular weight is 1040 g/mol. The van der Waals surface area contributed by atoms with Crippen LogP contribution < -0.4 is 14.5 Å². The summed E-state index contributed by atoms with van der Waals surface area (Å²) in [6.07, 6.45) is 1.88. The molecular weight excluding hydrogens is 1000 g/mol. The monoisotopic (exact) mass is 1040 g/mol. The van der Waals surface area contributed by atoms with Gasteiger partial charge in [-0.1, -0.05) is 170 Å². The van der Waals surface area contributed by atoms with Crippen LogP contribution in [0.4, 0.5) is 22.7 Å². The average Bonchev–Trinajstić information content (AvgIpc) is 3.94. The molecule has 0 spiro atoms. The molecular formula is C61H39N4OPt-3. The molecule has 5 nitrogen and oxygen atoms in total. The maximum absolute atomic E-state index is 6.90. The maximum atomic E-state index is 6.90. The van der Waals surface area contributed by atoms with Gasteiger partial charge in [0.2, 0.25) is 0 Å². The Morgan fingerprint density at radius 1 is 0.463 bits per heavy atom. The summed E-state index contributed by atoms with van der Waals surface area (Å²) in [5, 5.41) is 9.05. The minimum Gasteiger partial charge on any atom is -0.509 e. The molecule has 67 heavy (non-hydrogen) atoms. The number of hydrogen-bond acceptors (Lipinski definition) is 4. The number of ether oxygens (including phenoxy) is 1. The zero-order valence-electron chi connectivity index (χ0n) is 36.3. The molecule has 0 radical (unpaired) electrons. The summed E-state index contributed by atoms with van der Waals surface area (Å²) in [6.45, 7) is 4.25. The molecule has 6 heteroatoms. The van der Waals surface area contributed by atoms with Crippen LogP contribution in [-0.4, -0.2) is 9.38 Å². The van der Waals surface area contributed by atoms with Crippen LogP contribution in [0.15, 0.2) is 212 Å². The smallest absolute Gasteiger partial charge is 0.143 e. The quantitative estimate of drug-likeness (QED) is 0.155. The van der Waals surface area contributed by atoms with Gasteiger partial charge in [0, 0.05) is 83.2 Å². The molecule has 0 saturated carbocycles. The van der Waals surface area contributed by atoms with Crippen molar-refractivity contribution in [1.29, 1.82) is 0 Å². The van der Waals surface area contributed by atoms with Gasteiger partial charge in [0.05, 0.1) is 0 Å². The summed E-state index contributed by atoms with van der Waals surface area (Å²) < 4.78 is 9.18. The molecule has 12 aromatic rings. The molecule has 0 amide bonds. The third-order valence-electron chi connectivity index (χ3n) is 13.0. The number of aromatic nitrogens is 2. The van der Waals surface area contributed by atoms with E-state index in [1.807, 2.05) is 18.3 Å². The van der Waals surface area contributed by atoms with Gasteiger partial charge in [0.25, 0.3) is 0 Å². The molecule has 322 valence electrons. The van der Waals surface area contributed by atoms with Crippen LogP contribution in [0, 0.1) is 25.7 Å². The minimum absolute atomic E-state index is 0. The first-order chi connectivity index (χ1) is 32.7. The van der Waals surface area contributed by atoms with Gasteiger partial charge < -0.3 is 18.9 Å². The Hall–Kier alpha value is -7.98. The first-order valence-corrected chi connectivity index (χ1v) is 22.3. The van der Waals surface area contributed by atoms with E-state index in [9.17, 15) is 0 Å². The Bertz CT molecular complexity index is 3860. The largest absolute Gasteiger partial charge is 0.509 e. The van der Waals surface area contributed by atoms with Gasteiger partial charge >= 0.3 is 0 Å². The van der Waals surface area contributed by atoms with E-state index >= 15 is 0 Å². The normalized spacial score (nSPS) is 12.3. The van der Waals surface area contributed by atoms with E-state index in [4.69, 9.17) is 9.72 Å². The van der Waals surface area contributed by atoms with Crippen LogP contribution >= 0.6 is 0 Å². The van der Waals surface area contributed by atoms with E-state index in [2.05, 4.69) is 234 Å². The molecule has 0 bridgehead atoms. The van der Waals surface area contributed by atoms with E-state index in [1.165, 1.54) is 16.2 Å². The number of nitrogens with zero attached hydrogens (tertiary/aromatic N) is 4. The molecule has 1 aliphatic heterocycles. The number of rotatable bonds is 6. The summed E-state index contributed by atoms with van der Waals surface area (Å²) in [4.78, 5) is 9.66. The van der Waals surface area contributed by atoms with Crippen molar-refractivity contribution in [3.8, 4) is 33.8 Å². The van der Waals surface area contributed by atoms with Gasteiger partial charge in [-0.25, -0.2) is 4.98 Å². The van der Waals surface area contributed by atoms with E-state index in [-0.39, 0.29) is 21.1 Å². The standard InChI is InChI=1S/C61H39N4O.Pt/c1-40-32-33-43(63-39-64(56-31-13-12-30-55(56)63)59-45(41-17-4-2-5-18-41)25-14-26-46(59)42-19-6-3-7-20-42)37-58(40)66-44-34-35-51-53-28-15-27-52-49-23-10-8-21-47(49)48-22-9-11-24-50(48)54-29-16-36-62-61(54)65(60(52)53)57(51)38-44;/h2-36,39H,1H3;/q-3;. The number of aryl methyl sites for hydroxylation is 1. The number of benzene rings is 9. The Morgan fingerprint density at radius 2 is 1.00 bits per heavy atom.